The Labute approximate surface area is 211 Å². The van der Waals surface area contributed by atoms with E-state index >= 15 is 0 Å². The van der Waals surface area contributed by atoms with Crippen molar-refractivity contribution in [1.29, 1.82) is 0 Å². The quantitative estimate of drug-likeness (QED) is 0.294. The number of rotatable bonds is 8. The van der Waals surface area contributed by atoms with Crippen LogP contribution in [0.1, 0.15) is 36.7 Å². The highest BCUT2D eigenvalue weighted by Crippen LogP contribution is 2.40. The Bertz CT molecular complexity index is 1280. The van der Waals surface area contributed by atoms with Gasteiger partial charge < -0.3 is 19.6 Å². The first-order chi connectivity index (χ1) is 17.2. The number of aliphatic hydroxyl groups is 1. The van der Waals surface area contributed by atoms with E-state index in [4.69, 9.17) is 4.74 Å². The molecule has 0 spiro atoms. The minimum absolute atomic E-state index is 0.0192. The van der Waals surface area contributed by atoms with Crippen LogP contribution in [0.3, 0.4) is 0 Å². The molecule has 8 nitrogen and oxygen atoms in total. The largest absolute Gasteiger partial charge is 0.507 e. The normalized spacial score (nSPS) is 17.4. The van der Waals surface area contributed by atoms with Crippen LogP contribution in [-0.2, 0) is 9.59 Å². The smallest absolute Gasteiger partial charge is 0.295 e. The van der Waals surface area contributed by atoms with Crippen LogP contribution in [0.4, 0.5) is 0 Å². The average molecular weight is 489 g/mol. The molecule has 1 saturated heterocycles. The van der Waals surface area contributed by atoms with Gasteiger partial charge in [0.2, 0.25) is 0 Å². The summed E-state index contributed by atoms with van der Waals surface area (Å²) in [5, 5.41) is 15.9. The van der Waals surface area contributed by atoms with Gasteiger partial charge in [0.1, 0.15) is 11.5 Å². The summed E-state index contributed by atoms with van der Waals surface area (Å²) < 4.78 is 7.46. The van der Waals surface area contributed by atoms with Crippen LogP contribution in [0, 0.1) is 6.92 Å². The number of likely N-dealkylation sites (N-methyl/N-ethyl adjacent to an activating group) is 1. The second kappa shape index (κ2) is 10.4. The van der Waals surface area contributed by atoms with Gasteiger partial charge in [-0.3, -0.25) is 9.59 Å². The van der Waals surface area contributed by atoms with Gasteiger partial charge in [-0.25, -0.2) is 4.68 Å². The molecule has 1 aliphatic heterocycles. The first-order valence-corrected chi connectivity index (χ1v) is 12.0. The van der Waals surface area contributed by atoms with E-state index in [1.165, 1.54) is 11.1 Å². The van der Waals surface area contributed by atoms with Crippen molar-refractivity contribution < 1.29 is 19.4 Å². The Morgan fingerprint density at radius 3 is 2.36 bits per heavy atom. The number of carbonyl (C=O) groups excluding carboxylic acids is 2. The van der Waals surface area contributed by atoms with E-state index in [0.717, 1.165) is 11.3 Å². The maximum Gasteiger partial charge on any atom is 0.295 e. The lowest BCUT2D eigenvalue weighted by Gasteiger charge is -2.26. The Balaban J connectivity index is 1.81. The number of amides is 1. The first kappa shape index (κ1) is 25.2. The fraction of sp³-hybridized carbons (Fsp3) is 0.321. The standard InChI is InChI=1S/C28H32N4O4/c1-18(2)36-22-13-11-20(12-14-22)25-24(27(34)28(35)31(25)16-15-30(4)5)26(33)23-17-29-32(19(23)3)21-9-7-6-8-10-21/h6-14,17-18,25,33H,15-16H2,1-5H3. The Morgan fingerprint density at radius 2 is 1.75 bits per heavy atom. The maximum atomic E-state index is 13.3. The van der Waals surface area contributed by atoms with Crippen LogP contribution in [0.15, 0.2) is 66.4 Å². The van der Waals surface area contributed by atoms with Crippen molar-refractivity contribution in [3.8, 4) is 11.4 Å². The Hall–Kier alpha value is -3.91. The van der Waals surface area contributed by atoms with Crippen molar-refractivity contribution in [3.63, 3.8) is 0 Å². The molecule has 1 unspecified atom stereocenters. The zero-order valence-electron chi connectivity index (χ0n) is 21.3. The summed E-state index contributed by atoms with van der Waals surface area (Å²) in [6.45, 7) is 6.63. The first-order valence-electron chi connectivity index (χ1n) is 12.0. The Morgan fingerprint density at radius 1 is 1.08 bits per heavy atom. The number of nitrogens with zero attached hydrogens (tertiary/aromatic N) is 4. The van der Waals surface area contributed by atoms with Gasteiger partial charge in [-0.15, -0.1) is 0 Å². The highest BCUT2D eigenvalue weighted by molar-refractivity contribution is 6.46. The number of hydrogen-bond acceptors (Lipinski definition) is 6. The predicted molar refractivity (Wildman–Crippen MR) is 138 cm³/mol. The third-order valence-corrected chi connectivity index (χ3v) is 6.16. The van der Waals surface area contributed by atoms with Gasteiger partial charge in [-0.1, -0.05) is 30.3 Å². The van der Waals surface area contributed by atoms with Crippen molar-refractivity contribution in [2.75, 3.05) is 27.2 Å². The topological polar surface area (TPSA) is 87.9 Å². The third kappa shape index (κ3) is 4.90. The highest BCUT2D eigenvalue weighted by Gasteiger charge is 2.46. The lowest BCUT2D eigenvalue weighted by atomic mass is 9.95. The number of ether oxygens (including phenoxy) is 1. The summed E-state index contributed by atoms with van der Waals surface area (Å²) in [5.74, 6) is -0.864. The molecule has 3 aromatic rings. The van der Waals surface area contributed by atoms with Crippen LogP contribution in [-0.4, -0.2) is 69.7 Å². The minimum Gasteiger partial charge on any atom is -0.507 e. The van der Waals surface area contributed by atoms with E-state index in [9.17, 15) is 14.7 Å². The molecular formula is C28H32N4O4. The molecule has 0 bridgehead atoms. The lowest BCUT2D eigenvalue weighted by molar-refractivity contribution is -0.140. The van der Waals surface area contributed by atoms with E-state index in [2.05, 4.69) is 5.10 Å². The molecule has 1 aromatic heterocycles. The molecule has 2 heterocycles. The Kier molecular flexibility index (Phi) is 7.26. The van der Waals surface area contributed by atoms with Gasteiger partial charge in [0, 0.05) is 13.1 Å². The fourth-order valence-corrected chi connectivity index (χ4v) is 4.38. The van der Waals surface area contributed by atoms with Gasteiger partial charge in [0.05, 0.1) is 40.9 Å². The lowest BCUT2D eigenvalue weighted by Crippen LogP contribution is -2.35. The summed E-state index contributed by atoms with van der Waals surface area (Å²) in [6, 6.07) is 16.1. The summed E-state index contributed by atoms with van der Waals surface area (Å²) in [5.41, 5.74) is 2.69. The summed E-state index contributed by atoms with van der Waals surface area (Å²) >= 11 is 0. The zero-order valence-corrected chi connectivity index (χ0v) is 21.3. The van der Waals surface area contributed by atoms with Gasteiger partial charge in [0.25, 0.3) is 11.7 Å². The molecule has 36 heavy (non-hydrogen) atoms. The van der Waals surface area contributed by atoms with Crippen molar-refractivity contribution in [2.24, 2.45) is 0 Å². The van der Waals surface area contributed by atoms with Gasteiger partial charge in [-0.2, -0.15) is 5.10 Å². The van der Waals surface area contributed by atoms with Crippen LogP contribution < -0.4 is 4.74 Å². The molecule has 0 radical (unpaired) electrons. The van der Waals surface area contributed by atoms with Crippen molar-refractivity contribution in [1.82, 2.24) is 19.6 Å². The van der Waals surface area contributed by atoms with Crippen molar-refractivity contribution in [3.05, 3.63) is 83.2 Å². The molecule has 2 aromatic carbocycles. The van der Waals surface area contributed by atoms with Crippen LogP contribution in [0.25, 0.3) is 11.4 Å². The number of carbonyl (C=O) groups is 2. The minimum atomic E-state index is -0.725. The molecule has 8 heteroatoms. The summed E-state index contributed by atoms with van der Waals surface area (Å²) in [7, 11) is 3.82. The molecule has 1 atom stereocenters. The number of Topliss-reactive ketones (excluding diaryl/α,β-unsaturated/α-hetero) is 1. The fourth-order valence-electron chi connectivity index (χ4n) is 4.38. The van der Waals surface area contributed by atoms with Crippen LogP contribution in [0.2, 0.25) is 0 Å². The third-order valence-electron chi connectivity index (χ3n) is 6.16. The number of benzene rings is 2. The summed E-state index contributed by atoms with van der Waals surface area (Å²) in [6.07, 6.45) is 1.55. The molecule has 4 rings (SSSR count). The summed E-state index contributed by atoms with van der Waals surface area (Å²) in [4.78, 5) is 29.9. The van der Waals surface area contributed by atoms with E-state index in [1.54, 1.807) is 4.68 Å². The van der Waals surface area contributed by atoms with E-state index in [1.807, 2.05) is 94.4 Å². The molecule has 1 N–H and O–H groups in total. The molecule has 188 valence electrons. The maximum absolute atomic E-state index is 13.3. The zero-order chi connectivity index (χ0) is 26.0. The van der Waals surface area contributed by atoms with Crippen molar-refractivity contribution in [2.45, 2.75) is 32.9 Å². The second-order valence-corrected chi connectivity index (χ2v) is 9.42. The second-order valence-electron chi connectivity index (χ2n) is 9.42. The van der Waals surface area contributed by atoms with E-state index in [0.29, 0.717) is 30.1 Å². The van der Waals surface area contributed by atoms with Crippen LogP contribution >= 0.6 is 0 Å². The highest BCUT2D eigenvalue weighted by atomic mass is 16.5. The number of aromatic nitrogens is 2. The SMILES string of the molecule is Cc1c(C(O)=C2C(=O)C(=O)N(CCN(C)C)C2c2ccc(OC(C)C)cc2)cnn1-c1ccccc1. The van der Waals surface area contributed by atoms with E-state index < -0.39 is 17.7 Å². The molecule has 1 fully saturated rings. The number of aliphatic hydroxyl groups excluding tert-OH is 1. The number of ketones is 1. The predicted octanol–water partition coefficient (Wildman–Crippen LogP) is 3.95. The molecule has 1 aliphatic rings. The number of likely N-dealkylation sites (tertiary alicyclic amines) is 1. The molecule has 0 saturated carbocycles. The molecule has 1 amide bonds. The monoisotopic (exact) mass is 488 g/mol. The molecular weight excluding hydrogens is 456 g/mol. The number of para-hydroxylation sites is 1. The van der Waals surface area contributed by atoms with Gasteiger partial charge >= 0.3 is 0 Å². The van der Waals surface area contributed by atoms with Crippen LogP contribution in [0.5, 0.6) is 5.75 Å². The van der Waals surface area contributed by atoms with Crippen molar-refractivity contribution >= 4 is 17.4 Å². The number of hydrogen-bond donors (Lipinski definition) is 1. The molecule has 0 aliphatic carbocycles. The van der Waals surface area contributed by atoms with E-state index in [-0.39, 0.29) is 17.4 Å². The van der Waals surface area contributed by atoms with Gasteiger partial charge in [-0.05, 0) is 64.7 Å². The van der Waals surface area contributed by atoms with Gasteiger partial charge in [0.15, 0.2) is 0 Å². The average Bonchev–Trinajstić information content (AvgIpc) is 3.35.